The van der Waals surface area contributed by atoms with Gasteiger partial charge in [-0.2, -0.15) is 0 Å². The van der Waals surface area contributed by atoms with Crippen LogP contribution in [-0.4, -0.2) is 12.0 Å². The van der Waals surface area contributed by atoms with Gasteiger partial charge in [-0.25, -0.2) is 0 Å². The zero-order valence-corrected chi connectivity index (χ0v) is 10.9. The highest BCUT2D eigenvalue weighted by atomic mass is 16.6. The van der Waals surface area contributed by atoms with Gasteiger partial charge in [-0.1, -0.05) is 12.1 Å². The van der Waals surface area contributed by atoms with Crippen LogP contribution in [0, 0.1) is 10.1 Å². The zero-order chi connectivity index (χ0) is 14.5. The Kier molecular flexibility index (Phi) is 4.17. The summed E-state index contributed by atoms with van der Waals surface area (Å²) in [6, 6.07) is 11.6. The van der Waals surface area contributed by atoms with Gasteiger partial charge in [0.25, 0.3) is 0 Å². The molecule has 0 amide bonds. The third-order valence-corrected chi connectivity index (χ3v) is 2.74. The molecule has 0 spiro atoms. The number of nitro groups is 1. The van der Waals surface area contributed by atoms with Gasteiger partial charge in [0, 0.05) is 18.7 Å². The molecule has 2 aromatic carbocycles. The number of ether oxygens (including phenoxy) is 2. The molecule has 104 valence electrons. The Bertz CT molecular complexity index is 611. The molecule has 0 atom stereocenters. The number of methoxy groups -OCH3 is 1. The Balaban J connectivity index is 2.22. The van der Waals surface area contributed by atoms with Crippen LogP contribution in [0.4, 0.5) is 5.69 Å². The summed E-state index contributed by atoms with van der Waals surface area (Å²) in [6.45, 7) is 0.464. The van der Waals surface area contributed by atoms with Gasteiger partial charge in [0.2, 0.25) is 5.75 Å². The van der Waals surface area contributed by atoms with E-state index in [1.54, 1.807) is 12.1 Å². The molecular formula is C14H14N2O4. The number of nitro benzene ring substituents is 1. The summed E-state index contributed by atoms with van der Waals surface area (Å²) in [7, 11) is 1.38. The number of benzene rings is 2. The van der Waals surface area contributed by atoms with E-state index in [4.69, 9.17) is 15.2 Å². The minimum absolute atomic E-state index is 0.0988. The van der Waals surface area contributed by atoms with E-state index >= 15 is 0 Å². The summed E-state index contributed by atoms with van der Waals surface area (Å²) < 4.78 is 10.6. The van der Waals surface area contributed by atoms with Crippen molar-refractivity contribution in [2.75, 3.05) is 7.11 Å². The topological polar surface area (TPSA) is 87.6 Å². The molecule has 0 aliphatic carbocycles. The van der Waals surface area contributed by atoms with Crippen molar-refractivity contribution in [2.45, 2.75) is 6.54 Å². The van der Waals surface area contributed by atoms with Gasteiger partial charge in [0.05, 0.1) is 12.0 Å². The third kappa shape index (κ3) is 3.04. The summed E-state index contributed by atoms with van der Waals surface area (Å²) in [4.78, 5) is 10.3. The van der Waals surface area contributed by atoms with E-state index in [1.807, 2.05) is 12.1 Å². The Morgan fingerprint density at radius 1 is 1.15 bits per heavy atom. The first-order valence-corrected chi connectivity index (χ1v) is 5.93. The van der Waals surface area contributed by atoms with Crippen molar-refractivity contribution in [3.8, 4) is 17.2 Å². The Morgan fingerprint density at radius 2 is 1.80 bits per heavy atom. The van der Waals surface area contributed by atoms with Crippen molar-refractivity contribution in [2.24, 2.45) is 5.73 Å². The SMILES string of the molecule is COc1cc(Oc2ccc(CN)cc2)ccc1[N+](=O)[O-]. The maximum absolute atomic E-state index is 10.8. The van der Waals surface area contributed by atoms with Gasteiger partial charge < -0.3 is 15.2 Å². The van der Waals surface area contributed by atoms with Crippen LogP contribution in [0.3, 0.4) is 0 Å². The van der Waals surface area contributed by atoms with Gasteiger partial charge >= 0.3 is 5.69 Å². The fraction of sp³-hybridized carbons (Fsp3) is 0.143. The maximum Gasteiger partial charge on any atom is 0.311 e. The van der Waals surface area contributed by atoms with Crippen LogP contribution >= 0.6 is 0 Å². The molecule has 2 N–H and O–H groups in total. The first-order chi connectivity index (χ1) is 9.63. The highest BCUT2D eigenvalue weighted by molar-refractivity contribution is 5.51. The quantitative estimate of drug-likeness (QED) is 0.669. The standard InChI is InChI=1S/C14H14N2O4/c1-19-14-8-12(6-7-13(14)16(17)18)20-11-4-2-10(9-15)3-5-11/h2-8H,9,15H2,1H3. The van der Waals surface area contributed by atoms with Gasteiger partial charge in [-0.15, -0.1) is 0 Å². The molecule has 0 aromatic heterocycles. The highest BCUT2D eigenvalue weighted by Gasteiger charge is 2.15. The second kappa shape index (κ2) is 6.03. The van der Waals surface area contributed by atoms with Crippen molar-refractivity contribution in [1.82, 2.24) is 0 Å². The summed E-state index contributed by atoms with van der Waals surface area (Å²) in [5.74, 6) is 1.25. The van der Waals surface area contributed by atoms with Crippen LogP contribution in [0.2, 0.25) is 0 Å². The third-order valence-electron chi connectivity index (χ3n) is 2.74. The lowest BCUT2D eigenvalue weighted by atomic mass is 10.2. The van der Waals surface area contributed by atoms with E-state index in [1.165, 1.54) is 25.3 Å². The minimum Gasteiger partial charge on any atom is -0.490 e. The largest absolute Gasteiger partial charge is 0.490 e. The predicted octanol–water partition coefficient (Wildman–Crippen LogP) is 2.85. The molecule has 20 heavy (non-hydrogen) atoms. The van der Waals surface area contributed by atoms with E-state index in [0.29, 0.717) is 18.0 Å². The molecular weight excluding hydrogens is 260 g/mol. The van der Waals surface area contributed by atoms with E-state index in [0.717, 1.165) is 5.56 Å². The summed E-state index contributed by atoms with van der Waals surface area (Å²) in [5.41, 5.74) is 6.41. The van der Waals surface area contributed by atoms with Crippen LogP contribution in [0.5, 0.6) is 17.2 Å². The lowest BCUT2D eigenvalue weighted by Crippen LogP contribution is -1.96. The lowest BCUT2D eigenvalue weighted by molar-refractivity contribution is -0.385. The predicted molar refractivity (Wildman–Crippen MR) is 74.1 cm³/mol. The number of hydrogen-bond donors (Lipinski definition) is 1. The molecule has 0 saturated carbocycles. The average molecular weight is 274 g/mol. The Labute approximate surface area is 115 Å². The molecule has 0 radical (unpaired) electrons. The molecule has 0 fully saturated rings. The Morgan fingerprint density at radius 3 is 2.35 bits per heavy atom. The molecule has 0 bridgehead atoms. The average Bonchev–Trinajstić information content (AvgIpc) is 2.47. The van der Waals surface area contributed by atoms with Crippen molar-refractivity contribution in [1.29, 1.82) is 0 Å². The second-order valence-corrected chi connectivity index (χ2v) is 4.04. The van der Waals surface area contributed by atoms with Crippen molar-refractivity contribution in [3.63, 3.8) is 0 Å². The molecule has 6 heteroatoms. The Hall–Kier alpha value is -2.60. The fourth-order valence-electron chi connectivity index (χ4n) is 1.70. The van der Waals surface area contributed by atoms with Gasteiger partial charge in [-0.3, -0.25) is 10.1 Å². The van der Waals surface area contributed by atoms with E-state index in [-0.39, 0.29) is 11.4 Å². The first kappa shape index (κ1) is 13.8. The van der Waals surface area contributed by atoms with Crippen LogP contribution in [0.25, 0.3) is 0 Å². The van der Waals surface area contributed by atoms with Crippen LogP contribution in [-0.2, 0) is 6.54 Å². The highest BCUT2D eigenvalue weighted by Crippen LogP contribution is 2.32. The number of nitrogens with zero attached hydrogens (tertiary/aromatic N) is 1. The smallest absolute Gasteiger partial charge is 0.311 e. The van der Waals surface area contributed by atoms with Crippen molar-refractivity contribution >= 4 is 5.69 Å². The van der Waals surface area contributed by atoms with Crippen LogP contribution in [0.1, 0.15) is 5.56 Å². The second-order valence-electron chi connectivity index (χ2n) is 4.04. The molecule has 6 nitrogen and oxygen atoms in total. The monoisotopic (exact) mass is 274 g/mol. The zero-order valence-electron chi connectivity index (χ0n) is 10.9. The van der Waals surface area contributed by atoms with E-state index in [9.17, 15) is 10.1 Å². The van der Waals surface area contributed by atoms with Gasteiger partial charge in [-0.05, 0) is 23.8 Å². The van der Waals surface area contributed by atoms with Gasteiger partial charge in [0.15, 0.2) is 0 Å². The first-order valence-electron chi connectivity index (χ1n) is 5.93. The van der Waals surface area contributed by atoms with E-state index < -0.39 is 4.92 Å². The van der Waals surface area contributed by atoms with Crippen molar-refractivity contribution < 1.29 is 14.4 Å². The van der Waals surface area contributed by atoms with Crippen LogP contribution in [0.15, 0.2) is 42.5 Å². The fourth-order valence-corrected chi connectivity index (χ4v) is 1.70. The van der Waals surface area contributed by atoms with Crippen molar-refractivity contribution in [3.05, 3.63) is 58.1 Å². The summed E-state index contributed by atoms with van der Waals surface area (Å²) in [5, 5.41) is 10.8. The normalized spacial score (nSPS) is 10.1. The summed E-state index contributed by atoms with van der Waals surface area (Å²) >= 11 is 0. The number of hydrogen-bond acceptors (Lipinski definition) is 5. The molecule has 2 aromatic rings. The number of rotatable bonds is 5. The molecule has 2 rings (SSSR count). The molecule has 0 heterocycles. The van der Waals surface area contributed by atoms with Gasteiger partial charge in [0.1, 0.15) is 11.5 Å². The number of nitrogens with two attached hydrogens (primary N) is 1. The lowest BCUT2D eigenvalue weighted by Gasteiger charge is -2.08. The van der Waals surface area contributed by atoms with E-state index in [2.05, 4.69) is 0 Å². The molecule has 0 aliphatic rings. The maximum atomic E-state index is 10.8. The minimum atomic E-state index is -0.501. The summed E-state index contributed by atoms with van der Waals surface area (Å²) in [6.07, 6.45) is 0. The van der Waals surface area contributed by atoms with Crippen LogP contribution < -0.4 is 15.2 Å². The molecule has 0 aliphatic heterocycles. The molecule has 0 unspecified atom stereocenters. The molecule has 0 saturated heterocycles.